The van der Waals surface area contributed by atoms with Crippen LogP contribution in [0.1, 0.15) is 11.1 Å². The van der Waals surface area contributed by atoms with Gasteiger partial charge in [0.05, 0.1) is 5.69 Å². The summed E-state index contributed by atoms with van der Waals surface area (Å²) in [5, 5.41) is 0. The van der Waals surface area contributed by atoms with Crippen molar-refractivity contribution in [2.75, 3.05) is 0 Å². The van der Waals surface area contributed by atoms with Crippen LogP contribution in [0.15, 0.2) is 51.9 Å². The van der Waals surface area contributed by atoms with E-state index in [1.165, 1.54) is 0 Å². The molecule has 0 aromatic heterocycles. The van der Waals surface area contributed by atoms with Crippen molar-refractivity contribution in [2.45, 2.75) is 24.4 Å². The molecule has 3 rings (SSSR count). The van der Waals surface area contributed by atoms with Crippen molar-refractivity contribution in [3.8, 4) is 5.75 Å². The summed E-state index contributed by atoms with van der Waals surface area (Å²) in [6.45, 7) is 0. The van der Waals surface area contributed by atoms with Crippen molar-refractivity contribution >= 4 is 27.8 Å². The lowest BCUT2D eigenvalue weighted by atomic mass is 9.74. The highest BCUT2D eigenvalue weighted by Crippen LogP contribution is 2.47. The first-order valence-electron chi connectivity index (χ1n) is 7.27. The van der Waals surface area contributed by atoms with Gasteiger partial charge in [-0.05, 0) is 47.9 Å². The number of alkyl halides is 6. The van der Waals surface area contributed by atoms with Crippen molar-refractivity contribution < 1.29 is 31.1 Å². The highest BCUT2D eigenvalue weighted by Gasteiger charge is 2.56. The van der Waals surface area contributed by atoms with Crippen LogP contribution in [0.25, 0.3) is 0 Å². The largest absolute Gasteiger partial charge is 0.573 e. The Morgan fingerprint density at radius 3 is 2.19 bits per heavy atom. The number of hydrogen-bond acceptors (Lipinski definition) is 2. The molecule has 0 saturated carbocycles. The Kier molecular flexibility index (Phi) is 4.54. The smallest absolute Gasteiger partial charge is 0.406 e. The number of fused-ring (bicyclic) bond motifs is 1. The van der Waals surface area contributed by atoms with Crippen LogP contribution in [0.3, 0.4) is 0 Å². The second-order valence-electron chi connectivity index (χ2n) is 5.75. The van der Waals surface area contributed by atoms with Crippen molar-refractivity contribution in [2.24, 2.45) is 4.99 Å². The van der Waals surface area contributed by atoms with Crippen LogP contribution in [-0.4, -0.2) is 18.8 Å². The number of rotatable bonds is 2. The van der Waals surface area contributed by atoms with Gasteiger partial charge in [-0.1, -0.05) is 28.1 Å². The second-order valence-corrected chi connectivity index (χ2v) is 6.66. The van der Waals surface area contributed by atoms with E-state index in [1.54, 1.807) is 18.2 Å². The van der Waals surface area contributed by atoms with Gasteiger partial charge in [0, 0.05) is 10.7 Å². The Morgan fingerprint density at radius 2 is 1.62 bits per heavy atom. The topological polar surface area (TPSA) is 21.6 Å². The number of benzene rings is 2. The zero-order valence-electron chi connectivity index (χ0n) is 12.8. The van der Waals surface area contributed by atoms with Crippen LogP contribution in [-0.2, 0) is 11.8 Å². The minimum absolute atomic E-state index is 0.214. The second kappa shape index (κ2) is 6.29. The molecule has 2 nitrogen and oxygen atoms in total. The van der Waals surface area contributed by atoms with Gasteiger partial charge in [-0.15, -0.1) is 13.2 Å². The first-order chi connectivity index (χ1) is 12.0. The molecular weight excluding hydrogens is 428 g/mol. The number of ether oxygens (including phenoxy) is 1. The van der Waals surface area contributed by atoms with Crippen LogP contribution in [0.5, 0.6) is 5.75 Å². The third-order valence-corrected chi connectivity index (χ3v) is 4.54. The van der Waals surface area contributed by atoms with Crippen molar-refractivity contribution in [3.63, 3.8) is 0 Å². The Labute approximate surface area is 152 Å². The molecule has 9 heteroatoms. The summed E-state index contributed by atoms with van der Waals surface area (Å²) in [5.41, 5.74) is -1.84. The molecule has 0 bridgehead atoms. The van der Waals surface area contributed by atoms with Crippen molar-refractivity contribution in [3.05, 3.63) is 58.1 Å². The van der Waals surface area contributed by atoms with Crippen LogP contribution in [0.2, 0.25) is 0 Å². The average molecular weight is 438 g/mol. The van der Waals surface area contributed by atoms with Gasteiger partial charge in [0.25, 0.3) is 0 Å². The summed E-state index contributed by atoms with van der Waals surface area (Å²) in [6.07, 6.45) is -9.21. The lowest BCUT2D eigenvalue weighted by Gasteiger charge is -2.35. The van der Waals surface area contributed by atoms with Crippen LogP contribution >= 0.6 is 15.9 Å². The summed E-state index contributed by atoms with van der Waals surface area (Å²) in [7, 11) is 0. The fourth-order valence-corrected chi connectivity index (χ4v) is 3.22. The summed E-state index contributed by atoms with van der Waals surface area (Å²) in [6, 6.07) is 8.48. The van der Waals surface area contributed by atoms with Gasteiger partial charge in [0.15, 0.2) is 0 Å². The molecular formula is C17H10BrF6NO. The maximum atomic E-state index is 13.9. The van der Waals surface area contributed by atoms with Crippen LogP contribution in [0, 0.1) is 0 Å². The summed E-state index contributed by atoms with van der Waals surface area (Å²) < 4.78 is 82.8. The molecule has 2 aromatic carbocycles. The molecule has 0 saturated heterocycles. The average Bonchev–Trinajstić information content (AvgIpc) is 2.52. The number of aliphatic imine (C=N–C) groups is 1. The van der Waals surface area contributed by atoms with Crippen molar-refractivity contribution in [1.82, 2.24) is 0 Å². The third-order valence-electron chi connectivity index (χ3n) is 4.04. The summed E-state index contributed by atoms with van der Waals surface area (Å²) in [5.74, 6) is -0.588. The van der Waals surface area contributed by atoms with Gasteiger partial charge in [-0.3, -0.25) is 4.99 Å². The Morgan fingerprint density at radius 1 is 0.962 bits per heavy atom. The number of halogens is 7. The maximum Gasteiger partial charge on any atom is 0.573 e. The lowest BCUT2D eigenvalue weighted by molar-refractivity contribution is -0.274. The van der Waals surface area contributed by atoms with E-state index in [4.69, 9.17) is 0 Å². The van der Waals surface area contributed by atoms with Gasteiger partial charge in [0.2, 0.25) is 0 Å². The first kappa shape index (κ1) is 18.8. The van der Waals surface area contributed by atoms with Gasteiger partial charge in [0.1, 0.15) is 11.2 Å². The molecule has 0 radical (unpaired) electrons. The molecule has 26 heavy (non-hydrogen) atoms. The highest BCUT2D eigenvalue weighted by molar-refractivity contribution is 9.10. The molecule has 0 aliphatic carbocycles. The molecule has 2 aromatic rings. The lowest BCUT2D eigenvalue weighted by Crippen LogP contribution is -2.47. The standard InChI is InChI=1S/C17H10BrF6NO/c18-12-3-6-14-10(7-12)8-15(9-25-14,16(19,20)21)11-1-4-13(5-2-11)26-17(22,23)24/h1-7,9H,8H2/t15-/m0/s1. The van der Waals surface area contributed by atoms with E-state index in [-0.39, 0.29) is 5.56 Å². The molecule has 1 aliphatic rings. The predicted molar refractivity (Wildman–Crippen MR) is 86.9 cm³/mol. The van der Waals surface area contributed by atoms with E-state index in [1.807, 2.05) is 0 Å². The Hall–Kier alpha value is -2.03. The predicted octanol–water partition coefficient (Wildman–Crippen LogP) is 6.11. The Bertz CT molecular complexity index is 844. The molecule has 0 N–H and O–H groups in total. The van der Waals surface area contributed by atoms with Gasteiger partial charge in [-0.2, -0.15) is 13.2 Å². The summed E-state index contributed by atoms with van der Waals surface area (Å²) >= 11 is 3.22. The molecule has 0 fully saturated rings. The molecule has 1 heterocycles. The molecule has 0 spiro atoms. The van der Waals surface area contributed by atoms with Crippen molar-refractivity contribution in [1.29, 1.82) is 0 Å². The first-order valence-corrected chi connectivity index (χ1v) is 8.06. The van der Waals surface area contributed by atoms with E-state index in [9.17, 15) is 26.3 Å². The van der Waals surface area contributed by atoms with E-state index in [0.29, 0.717) is 15.7 Å². The van der Waals surface area contributed by atoms with E-state index >= 15 is 0 Å². The number of hydrogen-bond donors (Lipinski definition) is 0. The van der Waals surface area contributed by atoms with Crippen LogP contribution < -0.4 is 4.74 Å². The normalized spacial score (nSPS) is 20.0. The third kappa shape index (κ3) is 3.58. The number of nitrogens with zero attached hydrogens (tertiary/aromatic N) is 1. The molecule has 0 unspecified atom stereocenters. The fraction of sp³-hybridized carbons (Fsp3) is 0.235. The molecule has 1 atom stereocenters. The van der Waals surface area contributed by atoms with Gasteiger partial charge >= 0.3 is 12.5 Å². The van der Waals surface area contributed by atoms with E-state index in [0.717, 1.165) is 30.5 Å². The zero-order valence-corrected chi connectivity index (χ0v) is 14.4. The minimum atomic E-state index is -4.92. The fourth-order valence-electron chi connectivity index (χ4n) is 2.82. The molecule has 138 valence electrons. The SMILES string of the molecule is FC(F)(F)Oc1ccc([C@@]2(C(F)(F)F)C=Nc3ccc(Br)cc3C2)cc1. The van der Waals surface area contributed by atoms with Gasteiger partial charge < -0.3 is 4.74 Å². The monoisotopic (exact) mass is 437 g/mol. The quantitative estimate of drug-likeness (QED) is 0.519. The van der Waals surface area contributed by atoms with E-state index in [2.05, 4.69) is 25.7 Å². The van der Waals surface area contributed by atoms with E-state index < -0.39 is 30.1 Å². The molecule has 0 amide bonds. The van der Waals surface area contributed by atoms with Crippen LogP contribution in [0.4, 0.5) is 32.0 Å². The highest BCUT2D eigenvalue weighted by atomic mass is 79.9. The minimum Gasteiger partial charge on any atom is -0.406 e. The molecule has 1 aliphatic heterocycles. The summed E-state index contributed by atoms with van der Waals surface area (Å²) in [4.78, 5) is 3.94. The Balaban J connectivity index is 2.03. The maximum absolute atomic E-state index is 13.9. The zero-order chi connectivity index (χ0) is 19.2. The van der Waals surface area contributed by atoms with Gasteiger partial charge in [-0.25, -0.2) is 0 Å².